The lowest BCUT2D eigenvalue weighted by Crippen LogP contribution is -2.25. The molecule has 0 bridgehead atoms. The molecule has 1 heterocycles. The van der Waals surface area contributed by atoms with Crippen LogP contribution >= 0.6 is 11.6 Å². The second kappa shape index (κ2) is 10.2. The van der Waals surface area contributed by atoms with Crippen LogP contribution in [-0.4, -0.2) is 60.7 Å². The van der Waals surface area contributed by atoms with Gasteiger partial charge in [-0.25, -0.2) is 14.8 Å². The maximum atomic E-state index is 10.1. The van der Waals surface area contributed by atoms with E-state index in [1.165, 1.54) is 6.33 Å². The van der Waals surface area contributed by atoms with Gasteiger partial charge in [0.2, 0.25) is 0 Å². The standard InChI is InChI=1S/C11H17ClN4O4/c12-9-7-10(16-8-15-9)13-1-3-19-5-6-20-4-2-14-11(17)18/h7-8,14H,1-6H2,(H,17,18)(H,13,15,16). The minimum Gasteiger partial charge on any atom is -0.465 e. The summed E-state index contributed by atoms with van der Waals surface area (Å²) in [6, 6.07) is 1.63. The number of nitrogens with one attached hydrogen (secondary N) is 2. The summed E-state index contributed by atoms with van der Waals surface area (Å²) < 4.78 is 10.5. The highest BCUT2D eigenvalue weighted by atomic mass is 35.5. The molecule has 20 heavy (non-hydrogen) atoms. The normalized spacial score (nSPS) is 10.2. The Morgan fingerprint density at radius 3 is 2.55 bits per heavy atom. The second-order valence-electron chi connectivity index (χ2n) is 3.61. The van der Waals surface area contributed by atoms with Gasteiger partial charge < -0.3 is 25.2 Å². The Labute approximate surface area is 121 Å². The molecule has 1 amide bonds. The number of aromatic nitrogens is 2. The van der Waals surface area contributed by atoms with Gasteiger partial charge in [0.1, 0.15) is 17.3 Å². The van der Waals surface area contributed by atoms with Crippen LogP contribution in [-0.2, 0) is 9.47 Å². The van der Waals surface area contributed by atoms with Crippen LogP contribution in [0.25, 0.3) is 0 Å². The smallest absolute Gasteiger partial charge is 0.404 e. The van der Waals surface area contributed by atoms with Crippen molar-refractivity contribution < 1.29 is 19.4 Å². The van der Waals surface area contributed by atoms with Crippen LogP contribution in [0.3, 0.4) is 0 Å². The van der Waals surface area contributed by atoms with Gasteiger partial charge in [-0.05, 0) is 0 Å². The third-order valence-corrected chi connectivity index (χ3v) is 2.29. The van der Waals surface area contributed by atoms with Crippen LogP contribution in [0.5, 0.6) is 0 Å². The molecule has 0 aliphatic heterocycles. The van der Waals surface area contributed by atoms with Crippen LogP contribution in [0.1, 0.15) is 0 Å². The fourth-order valence-corrected chi connectivity index (χ4v) is 1.38. The summed E-state index contributed by atoms with van der Waals surface area (Å²) in [5.41, 5.74) is 0. The zero-order valence-electron chi connectivity index (χ0n) is 10.8. The molecule has 0 radical (unpaired) electrons. The Morgan fingerprint density at radius 2 is 1.90 bits per heavy atom. The quantitative estimate of drug-likeness (QED) is 0.434. The van der Waals surface area contributed by atoms with Crippen molar-refractivity contribution in [2.24, 2.45) is 0 Å². The van der Waals surface area contributed by atoms with Crippen molar-refractivity contribution in [2.75, 3.05) is 44.8 Å². The zero-order chi connectivity index (χ0) is 14.6. The van der Waals surface area contributed by atoms with E-state index in [0.717, 1.165) is 0 Å². The fraction of sp³-hybridized carbons (Fsp3) is 0.545. The lowest BCUT2D eigenvalue weighted by Gasteiger charge is -2.07. The van der Waals surface area contributed by atoms with E-state index in [2.05, 4.69) is 20.6 Å². The number of ether oxygens (including phenoxy) is 2. The van der Waals surface area contributed by atoms with Crippen LogP contribution in [0, 0.1) is 0 Å². The zero-order valence-corrected chi connectivity index (χ0v) is 11.6. The van der Waals surface area contributed by atoms with E-state index >= 15 is 0 Å². The first-order chi connectivity index (χ1) is 9.68. The Hall–Kier alpha value is -1.64. The number of anilines is 1. The number of carboxylic acid groups (broad SMARTS) is 1. The van der Waals surface area contributed by atoms with Crippen molar-refractivity contribution in [3.63, 3.8) is 0 Å². The largest absolute Gasteiger partial charge is 0.465 e. The Balaban J connectivity index is 1.89. The molecule has 0 spiro atoms. The first-order valence-electron chi connectivity index (χ1n) is 6.02. The van der Waals surface area contributed by atoms with Gasteiger partial charge in [-0.1, -0.05) is 11.6 Å². The van der Waals surface area contributed by atoms with Gasteiger partial charge in [-0.3, -0.25) is 0 Å². The molecule has 0 aromatic carbocycles. The summed E-state index contributed by atoms with van der Waals surface area (Å²) in [6.45, 7) is 2.55. The SMILES string of the molecule is O=C(O)NCCOCCOCCNc1cc(Cl)ncn1. The van der Waals surface area contributed by atoms with E-state index in [9.17, 15) is 4.79 Å². The molecule has 0 aliphatic carbocycles. The van der Waals surface area contributed by atoms with Crippen molar-refractivity contribution in [1.29, 1.82) is 0 Å². The van der Waals surface area contributed by atoms with Gasteiger partial charge in [-0.2, -0.15) is 0 Å². The van der Waals surface area contributed by atoms with Gasteiger partial charge in [0.15, 0.2) is 0 Å². The molecule has 0 atom stereocenters. The fourth-order valence-electron chi connectivity index (χ4n) is 1.23. The summed E-state index contributed by atoms with van der Waals surface area (Å²) in [5.74, 6) is 0.643. The Bertz CT molecular complexity index is 408. The molecule has 112 valence electrons. The monoisotopic (exact) mass is 304 g/mol. The maximum absolute atomic E-state index is 10.1. The Kier molecular flexibility index (Phi) is 8.36. The molecule has 1 aromatic rings. The molecule has 8 nitrogen and oxygen atoms in total. The highest BCUT2D eigenvalue weighted by molar-refractivity contribution is 6.29. The summed E-state index contributed by atoms with van der Waals surface area (Å²) in [5, 5.41) is 13.9. The minimum absolute atomic E-state index is 0.269. The summed E-state index contributed by atoms with van der Waals surface area (Å²) in [6.07, 6.45) is 0.325. The van der Waals surface area contributed by atoms with Crippen LogP contribution in [0.4, 0.5) is 10.6 Å². The van der Waals surface area contributed by atoms with Gasteiger partial charge in [0.05, 0.1) is 26.4 Å². The number of hydrogen-bond donors (Lipinski definition) is 3. The third-order valence-electron chi connectivity index (χ3n) is 2.08. The molecule has 1 rings (SSSR count). The maximum Gasteiger partial charge on any atom is 0.404 e. The number of carbonyl (C=O) groups is 1. The van der Waals surface area contributed by atoms with E-state index in [0.29, 0.717) is 43.9 Å². The highest BCUT2D eigenvalue weighted by Crippen LogP contribution is 2.07. The Morgan fingerprint density at radius 1 is 1.20 bits per heavy atom. The molecular formula is C11H17ClN4O4. The minimum atomic E-state index is -1.05. The molecule has 3 N–H and O–H groups in total. The molecule has 0 fully saturated rings. The van der Waals surface area contributed by atoms with Gasteiger partial charge >= 0.3 is 6.09 Å². The molecule has 1 aromatic heterocycles. The first kappa shape index (κ1) is 16.4. The molecule has 0 unspecified atom stereocenters. The number of rotatable bonds is 10. The average molecular weight is 305 g/mol. The van der Waals surface area contributed by atoms with Crippen molar-refractivity contribution >= 4 is 23.5 Å². The lowest BCUT2D eigenvalue weighted by molar-refractivity contribution is 0.0527. The van der Waals surface area contributed by atoms with E-state index in [-0.39, 0.29) is 6.54 Å². The lowest BCUT2D eigenvalue weighted by atomic mass is 10.5. The summed E-state index contributed by atoms with van der Waals surface area (Å²) in [4.78, 5) is 17.9. The number of amides is 1. The predicted octanol–water partition coefficient (Wildman–Crippen LogP) is 0.843. The number of halogens is 1. The van der Waals surface area contributed by atoms with Crippen molar-refractivity contribution in [2.45, 2.75) is 0 Å². The van der Waals surface area contributed by atoms with Gasteiger partial charge in [-0.15, -0.1) is 0 Å². The molecule has 0 saturated heterocycles. The average Bonchev–Trinajstić information content (AvgIpc) is 2.40. The van der Waals surface area contributed by atoms with Crippen LogP contribution in [0.15, 0.2) is 12.4 Å². The number of nitrogens with zero attached hydrogens (tertiary/aromatic N) is 2. The first-order valence-corrected chi connectivity index (χ1v) is 6.40. The van der Waals surface area contributed by atoms with Crippen molar-refractivity contribution in [3.05, 3.63) is 17.5 Å². The van der Waals surface area contributed by atoms with Gasteiger partial charge in [0, 0.05) is 19.2 Å². The van der Waals surface area contributed by atoms with E-state index in [1.54, 1.807) is 6.07 Å². The summed E-state index contributed by atoms with van der Waals surface area (Å²) in [7, 11) is 0. The topological polar surface area (TPSA) is 106 Å². The van der Waals surface area contributed by atoms with E-state index < -0.39 is 6.09 Å². The van der Waals surface area contributed by atoms with Crippen molar-refractivity contribution in [1.82, 2.24) is 15.3 Å². The van der Waals surface area contributed by atoms with E-state index in [1.807, 2.05) is 0 Å². The van der Waals surface area contributed by atoms with E-state index in [4.69, 9.17) is 26.2 Å². The van der Waals surface area contributed by atoms with Crippen molar-refractivity contribution in [3.8, 4) is 0 Å². The summed E-state index contributed by atoms with van der Waals surface area (Å²) >= 11 is 5.71. The van der Waals surface area contributed by atoms with Crippen LogP contribution in [0.2, 0.25) is 5.15 Å². The molecule has 9 heteroatoms. The van der Waals surface area contributed by atoms with Gasteiger partial charge in [0.25, 0.3) is 0 Å². The molecular weight excluding hydrogens is 288 g/mol. The number of hydrogen-bond acceptors (Lipinski definition) is 6. The predicted molar refractivity (Wildman–Crippen MR) is 73.2 cm³/mol. The second-order valence-corrected chi connectivity index (χ2v) is 4.00. The van der Waals surface area contributed by atoms with Crippen LogP contribution < -0.4 is 10.6 Å². The highest BCUT2D eigenvalue weighted by Gasteiger charge is 1.96. The molecule has 0 aliphatic rings. The third kappa shape index (κ3) is 8.46. The molecule has 0 saturated carbocycles.